The Morgan fingerprint density at radius 3 is 2.65 bits per heavy atom. The lowest BCUT2D eigenvalue weighted by molar-refractivity contribution is 0.411. The normalized spacial score (nSPS) is 11.3. The minimum atomic E-state index is -3.62. The number of ether oxygens (including phenoxy) is 1. The van der Waals surface area contributed by atoms with Crippen LogP contribution in [0.15, 0.2) is 66.0 Å². The van der Waals surface area contributed by atoms with Gasteiger partial charge in [0.15, 0.2) is 0 Å². The summed E-state index contributed by atoms with van der Waals surface area (Å²) in [4.78, 5) is 8.59. The molecule has 3 aromatic rings. The maximum Gasteiger partial charge on any atom is 0.240 e. The first-order valence-electron chi connectivity index (χ1n) is 7.99. The topological polar surface area (TPSA) is 81.2 Å². The van der Waals surface area contributed by atoms with Crippen molar-refractivity contribution < 1.29 is 13.2 Å². The van der Waals surface area contributed by atoms with Gasteiger partial charge >= 0.3 is 0 Å². The molecule has 0 fully saturated rings. The molecule has 0 aliphatic rings. The number of hydrogen-bond donors (Lipinski definition) is 1. The number of hydrogen-bond acceptors (Lipinski definition) is 5. The molecule has 26 heavy (non-hydrogen) atoms. The molecular formula is C19H19N3O3S. The number of methoxy groups -OCH3 is 1. The quantitative estimate of drug-likeness (QED) is 0.722. The van der Waals surface area contributed by atoms with Gasteiger partial charge in [0.05, 0.1) is 17.7 Å². The SMILES string of the molecule is COc1ccc(S(=O)(=O)NCc2ccnc(-c3cccnc3)c2)cc1C. The second kappa shape index (κ2) is 7.63. The smallest absolute Gasteiger partial charge is 0.240 e. The summed E-state index contributed by atoms with van der Waals surface area (Å²) >= 11 is 0. The van der Waals surface area contributed by atoms with Crippen molar-refractivity contribution in [3.8, 4) is 17.0 Å². The monoisotopic (exact) mass is 369 g/mol. The number of pyridine rings is 2. The Balaban J connectivity index is 1.77. The van der Waals surface area contributed by atoms with Gasteiger partial charge in [-0.1, -0.05) is 0 Å². The molecule has 0 aliphatic heterocycles. The number of benzene rings is 1. The van der Waals surface area contributed by atoms with Crippen LogP contribution in [-0.2, 0) is 16.6 Å². The van der Waals surface area contributed by atoms with Crippen LogP contribution in [0.1, 0.15) is 11.1 Å². The fourth-order valence-corrected chi connectivity index (χ4v) is 3.64. The predicted octanol–water partition coefficient (Wildman–Crippen LogP) is 2.94. The van der Waals surface area contributed by atoms with Gasteiger partial charge in [-0.25, -0.2) is 13.1 Å². The molecule has 0 spiro atoms. The van der Waals surface area contributed by atoms with Crippen molar-refractivity contribution in [2.24, 2.45) is 0 Å². The van der Waals surface area contributed by atoms with Crippen LogP contribution in [-0.4, -0.2) is 25.5 Å². The molecule has 0 unspecified atom stereocenters. The average molecular weight is 369 g/mol. The van der Waals surface area contributed by atoms with E-state index in [4.69, 9.17) is 4.74 Å². The van der Waals surface area contributed by atoms with Gasteiger partial charge in [0, 0.05) is 30.7 Å². The van der Waals surface area contributed by atoms with Gasteiger partial charge in [-0.3, -0.25) is 9.97 Å². The Hall–Kier alpha value is -2.77. The zero-order chi connectivity index (χ0) is 18.6. The number of aromatic nitrogens is 2. The van der Waals surface area contributed by atoms with Gasteiger partial charge in [0.25, 0.3) is 0 Å². The highest BCUT2D eigenvalue weighted by Gasteiger charge is 2.15. The lowest BCUT2D eigenvalue weighted by Crippen LogP contribution is -2.23. The standard InChI is InChI=1S/C19H19N3O3S/c1-14-10-17(5-6-19(14)25-2)26(23,24)22-12-15-7-9-21-18(11-15)16-4-3-8-20-13-16/h3-11,13,22H,12H2,1-2H3. The lowest BCUT2D eigenvalue weighted by Gasteiger charge is -2.10. The Morgan fingerprint density at radius 1 is 1.12 bits per heavy atom. The maximum atomic E-state index is 12.5. The van der Waals surface area contributed by atoms with Gasteiger partial charge in [0.1, 0.15) is 5.75 Å². The molecule has 7 heteroatoms. The average Bonchev–Trinajstić information content (AvgIpc) is 2.67. The van der Waals surface area contributed by atoms with Crippen LogP contribution in [0.2, 0.25) is 0 Å². The van der Waals surface area contributed by atoms with Crippen LogP contribution in [0.25, 0.3) is 11.3 Å². The summed E-state index contributed by atoms with van der Waals surface area (Å²) in [6, 6.07) is 12.1. The Labute approximate surface area is 153 Å². The molecular weight excluding hydrogens is 350 g/mol. The van der Waals surface area contributed by atoms with E-state index in [1.54, 1.807) is 50.8 Å². The molecule has 0 aliphatic carbocycles. The molecule has 1 N–H and O–H groups in total. The number of nitrogens with one attached hydrogen (secondary N) is 1. The van der Waals surface area contributed by atoms with Crippen molar-refractivity contribution in [1.82, 2.24) is 14.7 Å². The Kier molecular flexibility index (Phi) is 5.29. The van der Waals surface area contributed by atoms with Crippen molar-refractivity contribution in [2.75, 3.05) is 7.11 Å². The number of sulfonamides is 1. The van der Waals surface area contributed by atoms with Crippen LogP contribution < -0.4 is 9.46 Å². The highest BCUT2D eigenvalue weighted by atomic mass is 32.2. The van der Waals surface area contributed by atoms with Crippen molar-refractivity contribution in [2.45, 2.75) is 18.4 Å². The third-order valence-electron chi connectivity index (χ3n) is 3.92. The molecule has 134 valence electrons. The second-order valence-electron chi connectivity index (χ2n) is 5.75. The summed E-state index contributed by atoms with van der Waals surface area (Å²) in [5, 5.41) is 0. The van der Waals surface area contributed by atoms with Gasteiger partial charge in [-0.2, -0.15) is 0 Å². The molecule has 6 nitrogen and oxygen atoms in total. The van der Waals surface area contributed by atoms with E-state index >= 15 is 0 Å². The minimum Gasteiger partial charge on any atom is -0.496 e. The molecule has 2 heterocycles. The summed E-state index contributed by atoms with van der Waals surface area (Å²) in [6.45, 7) is 1.98. The van der Waals surface area contributed by atoms with E-state index < -0.39 is 10.0 Å². The molecule has 0 saturated carbocycles. The molecule has 0 radical (unpaired) electrons. The molecule has 0 amide bonds. The number of rotatable bonds is 6. The summed E-state index contributed by atoms with van der Waals surface area (Å²) in [5.41, 5.74) is 3.20. The van der Waals surface area contributed by atoms with E-state index in [0.717, 1.165) is 22.4 Å². The molecule has 1 aromatic carbocycles. The third kappa shape index (κ3) is 4.07. The highest BCUT2D eigenvalue weighted by Crippen LogP contribution is 2.22. The first-order chi connectivity index (χ1) is 12.5. The van der Waals surface area contributed by atoms with E-state index in [0.29, 0.717) is 5.75 Å². The fraction of sp³-hybridized carbons (Fsp3) is 0.158. The fourth-order valence-electron chi connectivity index (χ4n) is 2.54. The Morgan fingerprint density at radius 2 is 1.96 bits per heavy atom. The van der Waals surface area contributed by atoms with Crippen LogP contribution in [0, 0.1) is 6.92 Å². The van der Waals surface area contributed by atoms with E-state index in [2.05, 4.69) is 14.7 Å². The van der Waals surface area contributed by atoms with Gasteiger partial charge in [-0.05, 0) is 60.5 Å². The lowest BCUT2D eigenvalue weighted by atomic mass is 10.1. The van der Waals surface area contributed by atoms with E-state index in [9.17, 15) is 8.42 Å². The Bertz CT molecular complexity index is 1010. The van der Waals surface area contributed by atoms with E-state index in [1.807, 2.05) is 18.2 Å². The largest absolute Gasteiger partial charge is 0.496 e. The van der Waals surface area contributed by atoms with Gasteiger partial charge in [-0.15, -0.1) is 0 Å². The van der Waals surface area contributed by atoms with Crippen molar-refractivity contribution >= 4 is 10.0 Å². The minimum absolute atomic E-state index is 0.170. The van der Waals surface area contributed by atoms with Crippen LogP contribution in [0.3, 0.4) is 0 Å². The van der Waals surface area contributed by atoms with E-state index in [-0.39, 0.29) is 11.4 Å². The first kappa shape index (κ1) is 18.0. The summed E-state index contributed by atoms with van der Waals surface area (Å²) in [7, 11) is -2.07. The predicted molar refractivity (Wildman–Crippen MR) is 99.2 cm³/mol. The summed E-state index contributed by atoms with van der Waals surface area (Å²) < 4.78 is 32.9. The second-order valence-corrected chi connectivity index (χ2v) is 7.51. The van der Waals surface area contributed by atoms with Crippen molar-refractivity contribution in [1.29, 1.82) is 0 Å². The van der Waals surface area contributed by atoms with Gasteiger partial charge < -0.3 is 4.74 Å². The zero-order valence-corrected chi connectivity index (χ0v) is 15.3. The highest BCUT2D eigenvalue weighted by molar-refractivity contribution is 7.89. The molecule has 2 aromatic heterocycles. The van der Waals surface area contributed by atoms with Crippen molar-refractivity contribution in [3.05, 3.63) is 72.2 Å². The maximum absolute atomic E-state index is 12.5. The van der Waals surface area contributed by atoms with Crippen LogP contribution >= 0.6 is 0 Å². The van der Waals surface area contributed by atoms with E-state index in [1.165, 1.54) is 6.07 Å². The molecule has 0 bridgehead atoms. The summed E-state index contributed by atoms with van der Waals surface area (Å²) in [6.07, 6.45) is 5.07. The van der Waals surface area contributed by atoms with Crippen LogP contribution in [0.5, 0.6) is 5.75 Å². The first-order valence-corrected chi connectivity index (χ1v) is 9.47. The van der Waals surface area contributed by atoms with Crippen LogP contribution in [0.4, 0.5) is 0 Å². The van der Waals surface area contributed by atoms with Gasteiger partial charge in [0.2, 0.25) is 10.0 Å². The third-order valence-corrected chi connectivity index (χ3v) is 5.32. The zero-order valence-electron chi connectivity index (χ0n) is 14.5. The number of nitrogens with zero attached hydrogens (tertiary/aromatic N) is 2. The van der Waals surface area contributed by atoms with Crippen molar-refractivity contribution in [3.63, 3.8) is 0 Å². The molecule has 0 saturated heterocycles. The number of aryl methyl sites for hydroxylation is 1. The molecule has 0 atom stereocenters. The molecule has 3 rings (SSSR count). The summed E-state index contributed by atoms with van der Waals surface area (Å²) in [5.74, 6) is 0.652.